The Morgan fingerprint density at radius 2 is 1.76 bits per heavy atom. The number of carbonyl (C=O) groups excluding carboxylic acids is 1. The number of carboxylic acids is 1. The fourth-order valence-electron chi connectivity index (χ4n) is 3.61. The summed E-state index contributed by atoms with van der Waals surface area (Å²) >= 11 is 6.96. The number of aromatic nitrogens is 1. The zero-order valence-corrected chi connectivity index (χ0v) is 16.7. The van der Waals surface area contributed by atoms with Gasteiger partial charge in [0.2, 0.25) is 0 Å². The number of hydrogen-bond donors (Lipinski definition) is 2. The average molecular weight is 429 g/mol. The molecule has 0 saturated heterocycles. The van der Waals surface area contributed by atoms with Crippen molar-refractivity contribution >= 4 is 35.0 Å². The first-order valence-corrected chi connectivity index (χ1v) is 10.2. The molecule has 2 N–H and O–H groups in total. The van der Waals surface area contributed by atoms with E-state index in [1.54, 1.807) is 0 Å². The normalized spacial score (nSPS) is 13.4. The molecule has 0 fully saturated rings. The lowest BCUT2D eigenvalue weighted by Crippen LogP contribution is -2.31. The molecule has 0 aliphatic heterocycles. The number of aliphatic carboxylic acids is 1. The molecule has 1 heterocycles. The minimum absolute atomic E-state index is 0.0658. The van der Waals surface area contributed by atoms with E-state index in [9.17, 15) is 9.59 Å². The van der Waals surface area contributed by atoms with Gasteiger partial charge in [0.1, 0.15) is 6.61 Å². The minimum Gasteiger partial charge on any atom is -0.481 e. The highest BCUT2D eigenvalue weighted by atomic mass is 35.5. The molecular weight excluding hydrogens is 412 g/mol. The lowest BCUT2D eigenvalue weighted by molar-refractivity contribution is -0.137. The Kier molecular flexibility index (Phi) is 5.51. The Labute approximate surface area is 176 Å². The summed E-state index contributed by atoms with van der Waals surface area (Å²) in [5.41, 5.74) is 4.50. The van der Waals surface area contributed by atoms with Crippen molar-refractivity contribution in [3.05, 3.63) is 75.2 Å². The molecule has 1 aromatic heterocycles. The standard InChI is InChI=1S/C21H17ClN2O4S/c22-20-23-10-18(29-20)17(9-19(25)26)24-21(27)28-11-16-14-7-3-1-5-12(14)13-6-2-4-8-15(13)16/h1-8,10,16-17H,9,11H2,(H,24,27)(H,25,26)/t17-/m1/s1. The number of hydrogen-bond acceptors (Lipinski definition) is 5. The Morgan fingerprint density at radius 1 is 1.14 bits per heavy atom. The van der Waals surface area contributed by atoms with Crippen LogP contribution in [0.5, 0.6) is 0 Å². The van der Waals surface area contributed by atoms with Gasteiger partial charge in [0, 0.05) is 17.0 Å². The van der Waals surface area contributed by atoms with Crippen LogP contribution in [0.1, 0.15) is 34.4 Å². The molecule has 29 heavy (non-hydrogen) atoms. The molecule has 0 unspecified atom stereocenters. The number of thiazole rings is 1. The summed E-state index contributed by atoms with van der Waals surface area (Å²) in [7, 11) is 0. The van der Waals surface area contributed by atoms with Crippen LogP contribution < -0.4 is 5.32 Å². The van der Waals surface area contributed by atoms with Crippen LogP contribution in [0, 0.1) is 0 Å². The molecule has 3 aromatic rings. The Morgan fingerprint density at radius 3 is 2.31 bits per heavy atom. The summed E-state index contributed by atoms with van der Waals surface area (Å²) in [4.78, 5) is 28.1. The van der Waals surface area contributed by atoms with Crippen molar-refractivity contribution in [2.45, 2.75) is 18.4 Å². The maximum atomic E-state index is 12.4. The summed E-state index contributed by atoms with van der Waals surface area (Å²) in [5.74, 6) is -1.11. The smallest absolute Gasteiger partial charge is 0.407 e. The van der Waals surface area contributed by atoms with E-state index in [2.05, 4.69) is 22.4 Å². The first-order chi connectivity index (χ1) is 14.0. The maximum absolute atomic E-state index is 12.4. The summed E-state index contributed by atoms with van der Waals surface area (Å²) in [6.07, 6.45) is 0.496. The number of carbonyl (C=O) groups is 2. The Hall–Kier alpha value is -2.90. The number of halogens is 1. The van der Waals surface area contributed by atoms with Gasteiger partial charge in [-0.3, -0.25) is 4.79 Å². The molecule has 6 nitrogen and oxygen atoms in total. The lowest BCUT2D eigenvalue weighted by atomic mass is 9.98. The number of fused-ring (bicyclic) bond motifs is 3. The molecule has 2 aromatic carbocycles. The first kappa shape index (κ1) is 19.4. The fourth-order valence-corrected chi connectivity index (χ4v) is 4.61. The van der Waals surface area contributed by atoms with Crippen LogP contribution in [0.25, 0.3) is 11.1 Å². The fraction of sp³-hybridized carbons (Fsp3) is 0.190. The minimum atomic E-state index is -1.04. The number of carboxylic acid groups (broad SMARTS) is 1. The SMILES string of the molecule is O=C(O)C[C@@H](NC(=O)OCC1c2ccccc2-c2ccccc21)c1cnc(Cl)s1. The van der Waals surface area contributed by atoms with Gasteiger partial charge >= 0.3 is 12.1 Å². The van der Waals surface area contributed by atoms with Crippen molar-refractivity contribution in [3.63, 3.8) is 0 Å². The van der Waals surface area contributed by atoms with E-state index in [0.29, 0.717) is 4.88 Å². The predicted octanol–water partition coefficient (Wildman–Crippen LogP) is 4.85. The summed E-state index contributed by atoms with van der Waals surface area (Å²) in [5, 5.41) is 11.8. The Bertz CT molecular complexity index is 1020. The van der Waals surface area contributed by atoms with Crippen LogP contribution in [-0.4, -0.2) is 28.8 Å². The third kappa shape index (κ3) is 4.11. The Balaban J connectivity index is 1.47. The van der Waals surface area contributed by atoms with E-state index < -0.39 is 18.1 Å². The zero-order valence-electron chi connectivity index (χ0n) is 15.2. The van der Waals surface area contributed by atoms with Gasteiger partial charge in [0.25, 0.3) is 0 Å². The summed E-state index contributed by atoms with van der Waals surface area (Å²) < 4.78 is 5.77. The van der Waals surface area contributed by atoms with Crippen LogP contribution >= 0.6 is 22.9 Å². The van der Waals surface area contributed by atoms with Gasteiger partial charge < -0.3 is 15.2 Å². The molecule has 0 radical (unpaired) electrons. The largest absolute Gasteiger partial charge is 0.481 e. The van der Waals surface area contributed by atoms with Crippen molar-refractivity contribution < 1.29 is 19.4 Å². The first-order valence-electron chi connectivity index (χ1n) is 8.97. The highest BCUT2D eigenvalue weighted by Gasteiger charge is 2.29. The quantitative estimate of drug-likeness (QED) is 0.585. The van der Waals surface area contributed by atoms with Gasteiger partial charge in [-0.25, -0.2) is 9.78 Å². The molecule has 1 aliphatic carbocycles. The second kappa shape index (κ2) is 8.23. The number of nitrogens with one attached hydrogen (secondary N) is 1. The predicted molar refractivity (Wildman–Crippen MR) is 110 cm³/mol. The second-order valence-corrected chi connectivity index (χ2v) is 8.28. The number of rotatable bonds is 6. The van der Waals surface area contributed by atoms with E-state index >= 15 is 0 Å². The molecule has 4 rings (SSSR count). The molecule has 148 valence electrons. The molecule has 1 atom stereocenters. The van der Waals surface area contributed by atoms with Crippen LogP contribution in [0.2, 0.25) is 4.47 Å². The third-order valence-electron chi connectivity index (χ3n) is 4.85. The van der Waals surface area contributed by atoms with E-state index in [0.717, 1.165) is 33.6 Å². The van der Waals surface area contributed by atoms with Crippen molar-refractivity contribution in [2.75, 3.05) is 6.61 Å². The molecular formula is C21H17ClN2O4S. The lowest BCUT2D eigenvalue weighted by Gasteiger charge is -2.18. The van der Waals surface area contributed by atoms with Crippen molar-refractivity contribution in [2.24, 2.45) is 0 Å². The molecule has 1 amide bonds. The third-order valence-corrected chi connectivity index (χ3v) is 6.08. The topological polar surface area (TPSA) is 88.5 Å². The molecule has 8 heteroatoms. The monoisotopic (exact) mass is 428 g/mol. The molecule has 0 bridgehead atoms. The van der Waals surface area contributed by atoms with Crippen LogP contribution in [0.15, 0.2) is 54.7 Å². The highest BCUT2D eigenvalue weighted by molar-refractivity contribution is 7.15. The summed E-state index contributed by atoms with van der Waals surface area (Å²) in [6.45, 7) is 0.156. The number of amides is 1. The van der Waals surface area contributed by atoms with E-state index in [-0.39, 0.29) is 23.4 Å². The second-order valence-electron chi connectivity index (χ2n) is 6.64. The van der Waals surface area contributed by atoms with Gasteiger partial charge in [0.05, 0.1) is 12.5 Å². The molecule has 0 saturated carbocycles. The van der Waals surface area contributed by atoms with Gasteiger partial charge in [-0.15, -0.1) is 11.3 Å². The van der Waals surface area contributed by atoms with E-state index in [1.165, 1.54) is 6.20 Å². The zero-order chi connectivity index (χ0) is 20.4. The number of alkyl carbamates (subject to hydrolysis) is 1. The van der Waals surface area contributed by atoms with Crippen molar-refractivity contribution in [1.29, 1.82) is 0 Å². The highest BCUT2D eigenvalue weighted by Crippen LogP contribution is 2.44. The van der Waals surface area contributed by atoms with Crippen molar-refractivity contribution in [3.8, 4) is 11.1 Å². The van der Waals surface area contributed by atoms with E-state index in [1.807, 2.05) is 36.4 Å². The van der Waals surface area contributed by atoms with Crippen LogP contribution in [0.3, 0.4) is 0 Å². The maximum Gasteiger partial charge on any atom is 0.407 e. The van der Waals surface area contributed by atoms with Gasteiger partial charge in [-0.2, -0.15) is 0 Å². The van der Waals surface area contributed by atoms with Crippen LogP contribution in [-0.2, 0) is 9.53 Å². The number of ether oxygens (including phenoxy) is 1. The van der Waals surface area contributed by atoms with E-state index in [4.69, 9.17) is 21.4 Å². The number of benzene rings is 2. The van der Waals surface area contributed by atoms with Crippen molar-refractivity contribution in [1.82, 2.24) is 10.3 Å². The molecule has 1 aliphatic rings. The van der Waals surface area contributed by atoms with Gasteiger partial charge in [-0.05, 0) is 22.3 Å². The molecule has 0 spiro atoms. The summed E-state index contributed by atoms with van der Waals surface area (Å²) in [6, 6.07) is 15.3. The van der Waals surface area contributed by atoms with Gasteiger partial charge in [-0.1, -0.05) is 60.1 Å². The number of nitrogens with zero attached hydrogens (tertiary/aromatic N) is 1. The van der Waals surface area contributed by atoms with Gasteiger partial charge in [0.15, 0.2) is 4.47 Å². The van der Waals surface area contributed by atoms with Crippen LogP contribution in [0.4, 0.5) is 4.79 Å². The average Bonchev–Trinajstić information content (AvgIpc) is 3.27.